The first-order valence-corrected chi connectivity index (χ1v) is 12.0. The number of likely N-dealkylation sites (tertiary alicyclic amines) is 1. The topological polar surface area (TPSA) is 110 Å². The molecule has 0 bridgehead atoms. The molecule has 1 aliphatic heterocycles. The van der Waals surface area contributed by atoms with E-state index in [1.165, 1.54) is 24.3 Å². The summed E-state index contributed by atoms with van der Waals surface area (Å²) >= 11 is 0. The molecule has 0 unspecified atom stereocenters. The highest BCUT2D eigenvalue weighted by atomic mass is 32.2. The first-order valence-electron chi connectivity index (χ1n) is 10.5. The van der Waals surface area contributed by atoms with Gasteiger partial charge >= 0.3 is 0 Å². The van der Waals surface area contributed by atoms with Crippen molar-refractivity contribution < 1.29 is 18.1 Å². The Morgan fingerprint density at radius 3 is 2.30 bits per heavy atom. The van der Waals surface area contributed by atoms with Gasteiger partial charge in [0, 0.05) is 38.2 Å². The number of amides is 1. The van der Waals surface area contributed by atoms with Crippen LogP contribution in [-0.4, -0.2) is 30.7 Å². The Morgan fingerprint density at radius 1 is 0.970 bits per heavy atom. The summed E-state index contributed by atoms with van der Waals surface area (Å²) in [6.45, 7) is 1.45. The van der Waals surface area contributed by atoms with Crippen LogP contribution in [0.3, 0.4) is 0 Å². The third-order valence-electron chi connectivity index (χ3n) is 5.64. The maximum Gasteiger partial charge on any atom is 0.269 e. The van der Waals surface area contributed by atoms with Crippen LogP contribution in [0, 0.1) is 10.1 Å². The molecule has 8 nitrogen and oxygen atoms in total. The van der Waals surface area contributed by atoms with Gasteiger partial charge in [-0.15, -0.1) is 0 Å². The van der Waals surface area contributed by atoms with Crippen molar-refractivity contribution in [2.45, 2.75) is 30.8 Å². The summed E-state index contributed by atoms with van der Waals surface area (Å²) < 4.78 is 27.9. The van der Waals surface area contributed by atoms with Crippen molar-refractivity contribution in [3.8, 4) is 11.1 Å². The molecule has 33 heavy (non-hydrogen) atoms. The molecule has 0 saturated carbocycles. The van der Waals surface area contributed by atoms with Gasteiger partial charge in [-0.25, -0.2) is 13.1 Å². The van der Waals surface area contributed by atoms with Crippen molar-refractivity contribution in [2.24, 2.45) is 0 Å². The number of non-ortho nitro benzene ring substituents is 1. The van der Waals surface area contributed by atoms with E-state index in [0.717, 1.165) is 35.2 Å². The molecule has 1 heterocycles. The molecule has 0 atom stereocenters. The van der Waals surface area contributed by atoms with E-state index in [-0.39, 0.29) is 23.0 Å². The second kappa shape index (κ2) is 9.51. The fourth-order valence-electron chi connectivity index (χ4n) is 3.84. The summed E-state index contributed by atoms with van der Waals surface area (Å²) in [5.74, 6) is 0.185. The molecule has 4 rings (SSSR count). The molecule has 3 aromatic carbocycles. The molecule has 1 aliphatic rings. The SMILES string of the molecule is O=C1CCCN1Cc1ccc(-c2ccccc2CNS(=O)(=O)c2ccc([N+](=O)[O-])cc2)cc1. The Bertz CT molecular complexity index is 1270. The fraction of sp³-hybridized carbons (Fsp3) is 0.208. The zero-order valence-electron chi connectivity index (χ0n) is 17.8. The van der Waals surface area contributed by atoms with Gasteiger partial charge in [0.05, 0.1) is 9.82 Å². The van der Waals surface area contributed by atoms with Crippen molar-refractivity contribution in [3.05, 3.63) is 94.0 Å². The zero-order valence-corrected chi connectivity index (χ0v) is 18.6. The van der Waals surface area contributed by atoms with Crippen LogP contribution in [-0.2, 0) is 27.9 Å². The van der Waals surface area contributed by atoms with Crippen LogP contribution in [0.2, 0.25) is 0 Å². The van der Waals surface area contributed by atoms with E-state index in [1.807, 2.05) is 53.4 Å². The number of hydrogen-bond donors (Lipinski definition) is 1. The Labute approximate surface area is 192 Å². The largest absolute Gasteiger partial charge is 0.338 e. The van der Waals surface area contributed by atoms with Crippen molar-refractivity contribution in [2.75, 3.05) is 6.54 Å². The molecule has 1 amide bonds. The van der Waals surface area contributed by atoms with Crippen LogP contribution in [0.15, 0.2) is 77.7 Å². The van der Waals surface area contributed by atoms with Gasteiger partial charge in [-0.3, -0.25) is 14.9 Å². The first kappa shape index (κ1) is 22.6. The molecule has 9 heteroatoms. The number of benzene rings is 3. The summed E-state index contributed by atoms with van der Waals surface area (Å²) in [5.41, 5.74) is 3.51. The van der Waals surface area contributed by atoms with Crippen molar-refractivity contribution >= 4 is 21.6 Å². The lowest BCUT2D eigenvalue weighted by Gasteiger charge is -2.16. The van der Waals surface area contributed by atoms with Gasteiger partial charge in [0.2, 0.25) is 15.9 Å². The Hall–Kier alpha value is -3.56. The van der Waals surface area contributed by atoms with Crippen LogP contribution in [0.25, 0.3) is 11.1 Å². The van der Waals surface area contributed by atoms with E-state index < -0.39 is 14.9 Å². The van der Waals surface area contributed by atoms with Crippen molar-refractivity contribution in [3.63, 3.8) is 0 Å². The lowest BCUT2D eigenvalue weighted by molar-refractivity contribution is -0.384. The number of sulfonamides is 1. The predicted octanol–water partition coefficient (Wildman–Crippen LogP) is 3.86. The molecule has 0 aromatic heterocycles. The normalized spacial score (nSPS) is 13.9. The average Bonchev–Trinajstić information content (AvgIpc) is 3.23. The maximum atomic E-state index is 12.7. The van der Waals surface area contributed by atoms with Crippen LogP contribution >= 0.6 is 0 Å². The maximum absolute atomic E-state index is 12.7. The van der Waals surface area contributed by atoms with Gasteiger partial charge in [-0.1, -0.05) is 48.5 Å². The molecule has 1 saturated heterocycles. The van der Waals surface area contributed by atoms with Crippen LogP contribution in [0.5, 0.6) is 0 Å². The number of hydrogen-bond acceptors (Lipinski definition) is 5. The van der Waals surface area contributed by atoms with Crippen molar-refractivity contribution in [1.29, 1.82) is 0 Å². The summed E-state index contributed by atoms with van der Waals surface area (Å²) in [4.78, 5) is 23.9. The lowest BCUT2D eigenvalue weighted by Crippen LogP contribution is -2.23. The standard InChI is InChI=1S/C24H23N3O5S/c28-24-6-3-15-26(24)17-18-7-9-19(10-8-18)23-5-2-1-4-20(23)16-25-33(31,32)22-13-11-21(12-14-22)27(29)30/h1-2,4-5,7-14,25H,3,6,15-17H2. The smallest absolute Gasteiger partial charge is 0.269 e. The van der Waals surface area contributed by atoms with E-state index in [9.17, 15) is 23.3 Å². The summed E-state index contributed by atoms with van der Waals surface area (Å²) in [5, 5.41) is 10.8. The minimum Gasteiger partial charge on any atom is -0.338 e. The van der Waals surface area contributed by atoms with E-state index in [2.05, 4.69) is 4.72 Å². The van der Waals surface area contributed by atoms with Crippen molar-refractivity contribution in [1.82, 2.24) is 9.62 Å². The highest BCUT2D eigenvalue weighted by Gasteiger charge is 2.20. The predicted molar refractivity (Wildman–Crippen MR) is 124 cm³/mol. The van der Waals surface area contributed by atoms with Crippen LogP contribution in [0.4, 0.5) is 5.69 Å². The van der Waals surface area contributed by atoms with Gasteiger partial charge in [0.1, 0.15) is 0 Å². The first-order chi connectivity index (χ1) is 15.8. The van der Waals surface area contributed by atoms with Gasteiger partial charge in [-0.2, -0.15) is 0 Å². The number of nitro groups is 1. The van der Waals surface area contributed by atoms with E-state index in [0.29, 0.717) is 13.0 Å². The molecule has 3 aromatic rings. The summed E-state index contributed by atoms with van der Waals surface area (Å²) in [7, 11) is -3.84. The molecular formula is C24H23N3O5S. The summed E-state index contributed by atoms with van der Waals surface area (Å²) in [6.07, 6.45) is 1.52. The van der Waals surface area contributed by atoms with Crippen LogP contribution < -0.4 is 4.72 Å². The molecule has 0 spiro atoms. The van der Waals surface area contributed by atoms with Crippen LogP contribution in [0.1, 0.15) is 24.0 Å². The van der Waals surface area contributed by atoms with E-state index in [1.54, 1.807) is 0 Å². The number of nitro benzene ring substituents is 1. The molecule has 1 fully saturated rings. The highest BCUT2D eigenvalue weighted by Crippen LogP contribution is 2.25. The lowest BCUT2D eigenvalue weighted by atomic mass is 9.98. The number of nitrogens with zero attached hydrogens (tertiary/aromatic N) is 2. The highest BCUT2D eigenvalue weighted by molar-refractivity contribution is 7.89. The third kappa shape index (κ3) is 5.27. The monoisotopic (exact) mass is 465 g/mol. The Kier molecular flexibility index (Phi) is 6.52. The summed E-state index contributed by atoms with van der Waals surface area (Å²) in [6, 6.07) is 20.2. The number of rotatable bonds is 8. The number of carbonyl (C=O) groups is 1. The van der Waals surface area contributed by atoms with Gasteiger partial charge in [0.25, 0.3) is 5.69 Å². The minimum atomic E-state index is -3.84. The molecular weight excluding hydrogens is 442 g/mol. The Morgan fingerprint density at radius 2 is 1.67 bits per heavy atom. The van der Waals surface area contributed by atoms with Gasteiger partial charge in [0.15, 0.2) is 0 Å². The second-order valence-corrected chi connectivity index (χ2v) is 9.62. The third-order valence-corrected chi connectivity index (χ3v) is 7.05. The molecule has 0 radical (unpaired) electrons. The second-order valence-electron chi connectivity index (χ2n) is 7.85. The Balaban J connectivity index is 1.48. The van der Waals surface area contributed by atoms with E-state index in [4.69, 9.17) is 0 Å². The quantitative estimate of drug-likeness (QED) is 0.401. The number of nitrogens with one attached hydrogen (secondary N) is 1. The minimum absolute atomic E-state index is 0.0357. The number of carbonyl (C=O) groups excluding carboxylic acids is 1. The van der Waals surface area contributed by atoms with Gasteiger partial charge < -0.3 is 4.90 Å². The fourth-order valence-corrected chi connectivity index (χ4v) is 4.85. The van der Waals surface area contributed by atoms with E-state index >= 15 is 0 Å². The zero-order chi connectivity index (χ0) is 23.4. The molecule has 1 N–H and O–H groups in total. The average molecular weight is 466 g/mol. The van der Waals surface area contributed by atoms with Gasteiger partial charge in [-0.05, 0) is 40.8 Å². The molecule has 0 aliphatic carbocycles. The molecule has 170 valence electrons.